The fraction of sp³-hybridized carbons (Fsp3) is 0.364. The van der Waals surface area contributed by atoms with E-state index in [9.17, 15) is 9.59 Å². The lowest BCUT2D eigenvalue weighted by atomic mass is 10.0. The van der Waals surface area contributed by atoms with Crippen LogP contribution in [0.15, 0.2) is 54.6 Å². The number of hydrogen-bond donors (Lipinski definition) is 3. The van der Waals surface area contributed by atoms with Crippen molar-refractivity contribution in [3.63, 3.8) is 0 Å². The van der Waals surface area contributed by atoms with Crippen molar-refractivity contribution >= 4 is 17.5 Å². The molecule has 0 aliphatic rings. The topological polar surface area (TPSA) is 79.5 Å². The predicted molar refractivity (Wildman–Crippen MR) is 111 cm³/mol. The highest BCUT2D eigenvalue weighted by Gasteiger charge is 2.11. The molecule has 150 valence electrons. The molecule has 0 aromatic heterocycles. The molecular weight excluding hydrogens is 354 g/mol. The van der Waals surface area contributed by atoms with E-state index in [1.165, 1.54) is 5.56 Å². The molecule has 6 nitrogen and oxygen atoms in total. The standard InChI is InChI=1S/C22H29N3O3/c1-3-20(17-8-5-4-6-9-17)24-16-21(26)25-19-12-10-18(11-13-19)22(27)23-14-7-15-28-2/h4-6,8-13,20,24H,3,7,14-16H2,1-2H3,(H,23,27)(H,25,26). The summed E-state index contributed by atoms with van der Waals surface area (Å²) in [5.41, 5.74) is 2.39. The maximum absolute atomic E-state index is 12.2. The highest BCUT2D eigenvalue weighted by atomic mass is 16.5. The third-order valence-corrected chi connectivity index (χ3v) is 4.36. The van der Waals surface area contributed by atoms with Gasteiger partial charge in [0.15, 0.2) is 0 Å². The minimum Gasteiger partial charge on any atom is -0.385 e. The summed E-state index contributed by atoms with van der Waals surface area (Å²) in [6.45, 7) is 3.48. The summed E-state index contributed by atoms with van der Waals surface area (Å²) in [6, 6.07) is 17.1. The lowest BCUT2D eigenvalue weighted by Gasteiger charge is -2.17. The van der Waals surface area contributed by atoms with Crippen molar-refractivity contribution in [1.29, 1.82) is 0 Å². The van der Waals surface area contributed by atoms with Gasteiger partial charge in [-0.25, -0.2) is 0 Å². The van der Waals surface area contributed by atoms with E-state index in [0.29, 0.717) is 24.4 Å². The number of hydrogen-bond acceptors (Lipinski definition) is 4. The molecule has 1 unspecified atom stereocenters. The van der Waals surface area contributed by atoms with Crippen LogP contribution in [0, 0.1) is 0 Å². The number of amides is 2. The molecule has 0 saturated carbocycles. The molecule has 28 heavy (non-hydrogen) atoms. The maximum Gasteiger partial charge on any atom is 0.251 e. The van der Waals surface area contributed by atoms with Gasteiger partial charge in [0.2, 0.25) is 5.91 Å². The Morgan fingerprint density at radius 2 is 1.75 bits per heavy atom. The molecule has 2 rings (SSSR count). The number of nitrogens with one attached hydrogen (secondary N) is 3. The summed E-state index contributed by atoms with van der Waals surface area (Å²) in [6.07, 6.45) is 1.66. The van der Waals surface area contributed by atoms with E-state index >= 15 is 0 Å². The summed E-state index contributed by atoms with van der Waals surface area (Å²) < 4.78 is 4.95. The lowest BCUT2D eigenvalue weighted by Crippen LogP contribution is -2.31. The van der Waals surface area contributed by atoms with Gasteiger partial charge in [-0.05, 0) is 42.7 Å². The van der Waals surface area contributed by atoms with Crippen LogP contribution in [0.4, 0.5) is 5.69 Å². The Labute approximate surface area is 166 Å². The van der Waals surface area contributed by atoms with Crippen molar-refractivity contribution in [3.05, 3.63) is 65.7 Å². The van der Waals surface area contributed by atoms with Crippen molar-refractivity contribution < 1.29 is 14.3 Å². The van der Waals surface area contributed by atoms with Gasteiger partial charge in [-0.1, -0.05) is 37.3 Å². The van der Waals surface area contributed by atoms with Gasteiger partial charge in [0, 0.05) is 37.6 Å². The first-order valence-electron chi connectivity index (χ1n) is 9.59. The monoisotopic (exact) mass is 383 g/mol. The highest BCUT2D eigenvalue weighted by Crippen LogP contribution is 2.15. The molecule has 3 N–H and O–H groups in total. The molecule has 0 aliphatic heterocycles. The van der Waals surface area contributed by atoms with Gasteiger partial charge in [-0.2, -0.15) is 0 Å². The van der Waals surface area contributed by atoms with Gasteiger partial charge in [0.1, 0.15) is 0 Å². The Kier molecular flexibility index (Phi) is 9.18. The predicted octanol–water partition coefficient (Wildman–Crippen LogP) is 3.13. The van der Waals surface area contributed by atoms with E-state index in [4.69, 9.17) is 4.74 Å². The van der Waals surface area contributed by atoms with Crippen LogP contribution in [0.5, 0.6) is 0 Å². The Morgan fingerprint density at radius 1 is 1.04 bits per heavy atom. The second-order valence-electron chi connectivity index (χ2n) is 6.48. The molecule has 0 spiro atoms. The quantitative estimate of drug-likeness (QED) is 0.521. The number of carbonyl (C=O) groups excluding carboxylic acids is 2. The minimum absolute atomic E-state index is 0.119. The minimum atomic E-state index is -0.135. The van der Waals surface area contributed by atoms with E-state index in [-0.39, 0.29) is 24.4 Å². The summed E-state index contributed by atoms with van der Waals surface area (Å²) in [4.78, 5) is 24.3. The molecule has 0 aliphatic carbocycles. The molecule has 2 aromatic rings. The zero-order chi connectivity index (χ0) is 20.2. The van der Waals surface area contributed by atoms with Crippen molar-refractivity contribution in [3.8, 4) is 0 Å². The van der Waals surface area contributed by atoms with Crippen molar-refractivity contribution in [2.45, 2.75) is 25.8 Å². The second kappa shape index (κ2) is 11.9. The van der Waals surface area contributed by atoms with E-state index in [0.717, 1.165) is 12.8 Å². The first-order chi connectivity index (χ1) is 13.6. The van der Waals surface area contributed by atoms with Gasteiger partial charge in [0.05, 0.1) is 6.54 Å². The maximum atomic E-state index is 12.2. The normalized spacial score (nSPS) is 11.6. The van der Waals surface area contributed by atoms with Crippen LogP contribution in [-0.2, 0) is 9.53 Å². The summed E-state index contributed by atoms with van der Waals surface area (Å²) in [5.74, 6) is -0.254. The number of ether oxygens (including phenoxy) is 1. The van der Waals surface area contributed by atoms with Crippen LogP contribution in [-0.4, -0.2) is 38.6 Å². The fourth-order valence-electron chi connectivity index (χ4n) is 2.83. The average Bonchev–Trinajstić information content (AvgIpc) is 2.73. The van der Waals surface area contributed by atoms with E-state index < -0.39 is 0 Å². The smallest absolute Gasteiger partial charge is 0.251 e. The average molecular weight is 383 g/mol. The number of rotatable bonds is 11. The van der Waals surface area contributed by atoms with Crippen LogP contribution in [0.3, 0.4) is 0 Å². The largest absolute Gasteiger partial charge is 0.385 e. The Balaban J connectivity index is 1.79. The van der Waals surface area contributed by atoms with Crippen molar-refractivity contribution in [1.82, 2.24) is 10.6 Å². The molecule has 2 aromatic carbocycles. The number of anilines is 1. The summed E-state index contributed by atoms with van der Waals surface area (Å²) >= 11 is 0. The second-order valence-corrected chi connectivity index (χ2v) is 6.48. The van der Waals surface area contributed by atoms with Crippen molar-refractivity contribution in [2.75, 3.05) is 32.1 Å². The van der Waals surface area contributed by atoms with Crippen LogP contribution < -0.4 is 16.0 Å². The summed E-state index contributed by atoms with van der Waals surface area (Å²) in [5, 5.41) is 8.96. The molecule has 2 amide bonds. The van der Waals surface area contributed by atoms with E-state index in [1.807, 2.05) is 18.2 Å². The lowest BCUT2D eigenvalue weighted by molar-refractivity contribution is -0.115. The zero-order valence-electron chi connectivity index (χ0n) is 16.5. The molecule has 0 fully saturated rings. The van der Waals surface area contributed by atoms with Crippen LogP contribution >= 0.6 is 0 Å². The van der Waals surface area contributed by atoms with E-state index in [2.05, 4.69) is 35.0 Å². The number of methoxy groups -OCH3 is 1. The first-order valence-corrected chi connectivity index (χ1v) is 9.59. The molecule has 0 bridgehead atoms. The Bertz CT molecular complexity index is 732. The molecule has 1 atom stereocenters. The van der Waals surface area contributed by atoms with Crippen molar-refractivity contribution in [2.24, 2.45) is 0 Å². The Hall–Kier alpha value is -2.70. The number of benzene rings is 2. The third-order valence-electron chi connectivity index (χ3n) is 4.36. The highest BCUT2D eigenvalue weighted by molar-refractivity contribution is 5.96. The van der Waals surface area contributed by atoms with Gasteiger partial charge in [-0.3, -0.25) is 9.59 Å². The van der Waals surface area contributed by atoms with Gasteiger partial charge >= 0.3 is 0 Å². The molecule has 6 heteroatoms. The van der Waals surface area contributed by atoms with E-state index in [1.54, 1.807) is 31.4 Å². The Morgan fingerprint density at radius 3 is 2.39 bits per heavy atom. The zero-order valence-corrected chi connectivity index (χ0v) is 16.5. The van der Waals surface area contributed by atoms with Crippen LogP contribution in [0.1, 0.15) is 41.7 Å². The van der Waals surface area contributed by atoms with Crippen LogP contribution in [0.2, 0.25) is 0 Å². The molecule has 0 saturated heterocycles. The SMILES string of the molecule is CCC(NCC(=O)Nc1ccc(C(=O)NCCCOC)cc1)c1ccccc1. The van der Waals surface area contributed by atoms with Gasteiger partial charge < -0.3 is 20.7 Å². The third kappa shape index (κ3) is 7.13. The van der Waals surface area contributed by atoms with Crippen LogP contribution in [0.25, 0.3) is 0 Å². The molecule has 0 heterocycles. The van der Waals surface area contributed by atoms with Gasteiger partial charge in [-0.15, -0.1) is 0 Å². The van der Waals surface area contributed by atoms with Gasteiger partial charge in [0.25, 0.3) is 5.91 Å². The first kappa shape index (κ1) is 21.6. The summed E-state index contributed by atoms with van der Waals surface area (Å²) in [7, 11) is 1.63. The molecule has 0 radical (unpaired) electrons. The fourth-order valence-corrected chi connectivity index (χ4v) is 2.83. The number of carbonyl (C=O) groups is 2. The molecular formula is C22H29N3O3.